The topological polar surface area (TPSA) is 79.0 Å². The number of hydrogen-bond donors (Lipinski definition) is 2. The van der Waals surface area contributed by atoms with Crippen molar-refractivity contribution in [3.8, 4) is 0 Å². The van der Waals surface area contributed by atoms with Crippen molar-refractivity contribution in [2.45, 2.75) is 27.3 Å². The lowest BCUT2D eigenvalue weighted by atomic mass is 10.1. The van der Waals surface area contributed by atoms with Crippen LogP contribution in [0, 0.1) is 13.8 Å². The van der Waals surface area contributed by atoms with Gasteiger partial charge in [-0.2, -0.15) is 0 Å². The number of aromatic nitrogens is 1. The number of aryl methyl sites for hydroxylation is 2. The second kappa shape index (κ2) is 5.38. The lowest BCUT2D eigenvalue weighted by Gasteiger charge is -2.08. The van der Waals surface area contributed by atoms with E-state index in [1.807, 2.05) is 26.0 Å². The summed E-state index contributed by atoms with van der Waals surface area (Å²) in [5, 5.41) is 0.910. The first-order valence-electron chi connectivity index (χ1n) is 6.43. The summed E-state index contributed by atoms with van der Waals surface area (Å²) in [6.45, 7) is 5.48. The minimum absolute atomic E-state index is 0.00327. The molecule has 0 aliphatic carbocycles. The lowest BCUT2D eigenvalue weighted by Crippen LogP contribution is -2.28. The van der Waals surface area contributed by atoms with Crippen molar-refractivity contribution in [2.75, 3.05) is 5.75 Å². The van der Waals surface area contributed by atoms with Crippen LogP contribution < -0.4 is 10.3 Å². The van der Waals surface area contributed by atoms with Crippen molar-refractivity contribution in [1.29, 1.82) is 0 Å². The van der Waals surface area contributed by atoms with E-state index >= 15 is 0 Å². The van der Waals surface area contributed by atoms with Crippen molar-refractivity contribution < 1.29 is 8.42 Å². The zero-order valence-electron chi connectivity index (χ0n) is 11.8. The highest BCUT2D eigenvalue weighted by Gasteiger charge is 2.10. The third-order valence-electron chi connectivity index (χ3n) is 3.23. The second-order valence-corrected chi connectivity index (χ2v) is 6.99. The molecule has 0 saturated heterocycles. The molecule has 1 heterocycles. The molecular weight excluding hydrogens is 276 g/mol. The number of benzene rings is 1. The van der Waals surface area contributed by atoms with Gasteiger partial charge in [0.2, 0.25) is 10.0 Å². The molecule has 0 aliphatic rings. The smallest absolute Gasteiger partial charge is 0.252 e. The molecule has 2 N–H and O–H groups in total. The first-order valence-corrected chi connectivity index (χ1v) is 8.08. The maximum atomic E-state index is 12.0. The van der Waals surface area contributed by atoms with Crippen LogP contribution in [0.1, 0.15) is 23.6 Å². The van der Waals surface area contributed by atoms with Gasteiger partial charge in [0, 0.05) is 12.1 Å². The fraction of sp³-hybridized carbons (Fsp3) is 0.357. The highest BCUT2D eigenvalue weighted by Crippen LogP contribution is 2.17. The van der Waals surface area contributed by atoms with Crippen LogP contribution in [0.15, 0.2) is 23.0 Å². The Balaban J connectivity index is 2.45. The number of H-pyrrole nitrogens is 1. The fourth-order valence-corrected chi connectivity index (χ4v) is 2.73. The number of rotatable bonds is 4. The Bertz CT molecular complexity index is 807. The van der Waals surface area contributed by atoms with Crippen LogP contribution in [0.2, 0.25) is 0 Å². The molecule has 0 aliphatic heterocycles. The van der Waals surface area contributed by atoms with Crippen molar-refractivity contribution in [3.63, 3.8) is 0 Å². The largest absolute Gasteiger partial charge is 0.321 e. The molecule has 2 rings (SSSR count). The van der Waals surface area contributed by atoms with Crippen LogP contribution >= 0.6 is 0 Å². The Morgan fingerprint density at radius 2 is 1.90 bits per heavy atom. The molecular formula is C14H18N2O3S. The number of nitrogens with one attached hydrogen (secondary N) is 2. The van der Waals surface area contributed by atoms with E-state index in [0.29, 0.717) is 5.56 Å². The van der Waals surface area contributed by atoms with Crippen LogP contribution in [0.25, 0.3) is 10.9 Å². The minimum Gasteiger partial charge on any atom is -0.321 e. The molecule has 0 radical (unpaired) electrons. The Kier molecular flexibility index (Phi) is 3.96. The van der Waals surface area contributed by atoms with Gasteiger partial charge in [-0.25, -0.2) is 13.1 Å². The fourth-order valence-electron chi connectivity index (χ4n) is 2.15. The second-order valence-electron chi connectivity index (χ2n) is 4.89. The van der Waals surface area contributed by atoms with E-state index < -0.39 is 10.0 Å². The van der Waals surface area contributed by atoms with Gasteiger partial charge < -0.3 is 4.98 Å². The molecule has 0 spiro atoms. The predicted molar refractivity (Wildman–Crippen MR) is 80.3 cm³/mol. The summed E-state index contributed by atoms with van der Waals surface area (Å²) >= 11 is 0. The quantitative estimate of drug-likeness (QED) is 0.898. The molecule has 20 heavy (non-hydrogen) atoms. The average molecular weight is 294 g/mol. The number of sulfonamides is 1. The highest BCUT2D eigenvalue weighted by molar-refractivity contribution is 7.89. The molecule has 108 valence electrons. The van der Waals surface area contributed by atoms with Gasteiger partial charge in [0.1, 0.15) is 0 Å². The first-order chi connectivity index (χ1) is 9.32. The van der Waals surface area contributed by atoms with Crippen molar-refractivity contribution >= 4 is 20.9 Å². The van der Waals surface area contributed by atoms with Crippen LogP contribution in [0.3, 0.4) is 0 Å². The standard InChI is InChI=1S/C14H18N2O3S/c1-4-20(18,19)15-8-12-7-11-6-9(2)5-10(3)13(11)16-14(12)17/h5-7,15H,4,8H2,1-3H3,(H,16,17). The number of fused-ring (bicyclic) bond motifs is 1. The third-order valence-corrected chi connectivity index (χ3v) is 4.58. The summed E-state index contributed by atoms with van der Waals surface area (Å²) in [6.07, 6.45) is 0. The summed E-state index contributed by atoms with van der Waals surface area (Å²) in [5.74, 6) is -0.00327. The molecule has 0 saturated carbocycles. The Hall–Kier alpha value is -1.66. The summed E-state index contributed by atoms with van der Waals surface area (Å²) in [7, 11) is -3.31. The van der Waals surface area contributed by atoms with Crippen molar-refractivity contribution in [1.82, 2.24) is 9.71 Å². The first kappa shape index (κ1) is 14.7. The van der Waals surface area contributed by atoms with E-state index in [0.717, 1.165) is 22.0 Å². The molecule has 0 fully saturated rings. The summed E-state index contributed by atoms with van der Waals surface area (Å²) in [6, 6.07) is 5.71. The van der Waals surface area contributed by atoms with Crippen LogP contribution in [0.5, 0.6) is 0 Å². The van der Waals surface area contributed by atoms with Crippen molar-refractivity contribution in [3.05, 3.63) is 45.2 Å². The van der Waals surface area contributed by atoms with Gasteiger partial charge in [0.05, 0.1) is 11.3 Å². The number of aromatic amines is 1. The molecule has 5 nitrogen and oxygen atoms in total. The van der Waals surface area contributed by atoms with Gasteiger partial charge in [0.15, 0.2) is 0 Å². The summed E-state index contributed by atoms with van der Waals surface area (Å²) in [4.78, 5) is 14.8. The van der Waals surface area contributed by atoms with E-state index in [1.54, 1.807) is 13.0 Å². The molecule has 0 atom stereocenters. The SMILES string of the molecule is CCS(=O)(=O)NCc1cc2cc(C)cc(C)c2[nH]c1=O. The number of hydrogen-bond acceptors (Lipinski definition) is 3. The predicted octanol–water partition coefficient (Wildman–Crippen LogP) is 1.58. The van der Waals surface area contributed by atoms with Crippen LogP contribution in [-0.2, 0) is 16.6 Å². The van der Waals surface area contributed by atoms with Gasteiger partial charge in [-0.15, -0.1) is 0 Å². The summed E-state index contributed by atoms with van der Waals surface area (Å²) in [5.41, 5.74) is 3.05. The van der Waals surface area contributed by atoms with Gasteiger partial charge in [-0.3, -0.25) is 4.79 Å². The molecule has 0 unspecified atom stereocenters. The maximum absolute atomic E-state index is 12.0. The highest BCUT2D eigenvalue weighted by atomic mass is 32.2. The van der Waals surface area contributed by atoms with E-state index in [2.05, 4.69) is 9.71 Å². The molecule has 0 amide bonds. The van der Waals surface area contributed by atoms with E-state index in [1.165, 1.54) is 0 Å². The zero-order chi connectivity index (χ0) is 14.9. The molecule has 1 aromatic heterocycles. The van der Waals surface area contributed by atoms with Crippen LogP contribution in [-0.4, -0.2) is 19.2 Å². The van der Waals surface area contributed by atoms with Gasteiger partial charge in [-0.1, -0.05) is 11.6 Å². The molecule has 6 heteroatoms. The monoisotopic (exact) mass is 294 g/mol. The Morgan fingerprint density at radius 3 is 2.55 bits per heavy atom. The molecule has 1 aromatic carbocycles. The molecule has 2 aromatic rings. The van der Waals surface area contributed by atoms with Gasteiger partial charge >= 0.3 is 0 Å². The number of pyridine rings is 1. The van der Waals surface area contributed by atoms with Crippen molar-refractivity contribution in [2.24, 2.45) is 0 Å². The van der Waals surface area contributed by atoms with E-state index in [-0.39, 0.29) is 17.9 Å². The maximum Gasteiger partial charge on any atom is 0.252 e. The third kappa shape index (κ3) is 3.08. The molecule has 0 bridgehead atoms. The van der Waals surface area contributed by atoms with E-state index in [4.69, 9.17) is 0 Å². The normalized spacial score (nSPS) is 11.9. The summed E-state index contributed by atoms with van der Waals surface area (Å²) < 4.78 is 25.3. The Labute approximate surface area is 118 Å². The Morgan fingerprint density at radius 1 is 1.20 bits per heavy atom. The van der Waals surface area contributed by atoms with Gasteiger partial charge in [-0.05, 0) is 43.9 Å². The van der Waals surface area contributed by atoms with Gasteiger partial charge in [0.25, 0.3) is 5.56 Å². The zero-order valence-corrected chi connectivity index (χ0v) is 12.6. The minimum atomic E-state index is -3.31. The van der Waals surface area contributed by atoms with Crippen LogP contribution in [0.4, 0.5) is 0 Å². The lowest BCUT2D eigenvalue weighted by molar-refractivity contribution is 0.582. The van der Waals surface area contributed by atoms with E-state index in [9.17, 15) is 13.2 Å². The average Bonchev–Trinajstić information content (AvgIpc) is 2.37.